The van der Waals surface area contributed by atoms with Crippen molar-refractivity contribution < 1.29 is 4.79 Å². The molecule has 0 atom stereocenters. The van der Waals surface area contributed by atoms with E-state index in [0.717, 1.165) is 36.7 Å². The summed E-state index contributed by atoms with van der Waals surface area (Å²) in [4.78, 5) is 16.4. The maximum atomic E-state index is 12.4. The third kappa shape index (κ3) is 3.82. The van der Waals surface area contributed by atoms with Gasteiger partial charge in [0.1, 0.15) is 0 Å². The number of hydrogen-bond acceptors (Lipinski definition) is 4. The smallest absolute Gasteiger partial charge is 0.321 e. The van der Waals surface area contributed by atoms with E-state index in [1.165, 1.54) is 5.56 Å². The number of anilines is 2. The maximum Gasteiger partial charge on any atom is 0.321 e. The third-order valence-electron chi connectivity index (χ3n) is 4.29. The highest BCUT2D eigenvalue weighted by Gasteiger charge is 2.22. The summed E-state index contributed by atoms with van der Waals surface area (Å²) >= 11 is 0. The zero-order valence-electron chi connectivity index (χ0n) is 14.2. The van der Waals surface area contributed by atoms with Crippen LogP contribution in [0.1, 0.15) is 18.2 Å². The van der Waals surface area contributed by atoms with Gasteiger partial charge >= 0.3 is 6.03 Å². The van der Waals surface area contributed by atoms with Crippen LogP contribution in [0.2, 0.25) is 0 Å². The van der Waals surface area contributed by atoms with E-state index in [9.17, 15) is 4.79 Å². The Kier molecular flexibility index (Phi) is 4.93. The third-order valence-corrected chi connectivity index (χ3v) is 4.29. The van der Waals surface area contributed by atoms with Crippen LogP contribution in [-0.4, -0.2) is 47.3 Å². The van der Waals surface area contributed by atoms with Crippen LogP contribution in [0.3, 0.4) is 0 Å². The summed E-state index contributed by atoms with van der Waals surface area (Å²) in [7, 11) is 0. The Bertz CT molecular complexity index is 676. The van der Waals surface area contributed by atoms with E-state index in [0.29, 0.717) is 13.1 Å². The number of urea groups is 1. The molecule has 1 fully saturated rings. The zero-order valence-corrected chi connectivity index (χ0v) is 14.2. The predicted octanol–water partition coefficient (Wildman–Crippen LogP) is 2.70. The van der Waals surface area contributed by atoms with Crippen molar-refractivity contribution in [2.75, 3.05) is 36.4 Å². The molecule has 0 unspecified atom stereocenters. The first-order valence-electron chi connectivity index (χ1n) is 8.36. The van der Waals surface area contributed by atoms with Crippen LogP contribution in [0, 0.1) is 6.92 Å². The molecule has 126 valence electrons. The van der Waals surface area contributed by atoms with E-state index >= 15 is 0 Å². The number of nitrogens with one attached hydrogen (secondary N) is 1. The first kappa shape index (κ1) is 16.2. The molecule has 1 aliphatic rings. The number of rotatable bonds is 3. The summed E-state index contributed by atoms with van der Waals surface area (Å²) in [6.07, 6.45) is 0.998. The van der Waals surface area contributed by atoms with E-state index in [1.807, 2.05) is 48.2 Å². The average Bonchev–Trinajstić information content (AvgIpc) is 2.63. The molecule has 0 spiro atoms. The Labute approximate surface area is 142 Å². The van der Waals surface area contributed by atoms with Crippen LogP contribution in [0.15, 0.2) is 36.4 Å². The second kappa shape index (κ2) is 7.29. The van der Waals surface area contributed by atoms with Gasteiger partial charge in [0, 0.05) is 31.9 Å². The number of carbonyl (C=O) groups is 1. The molecule has 3 rings (SSSR count). The fourth-order valence-corrected chi connectivity index (χ4v) is 2.73. The van der Waals surface area contributed by atoms with Crippen molar-refractivity contribution in [2.24, 2.45) is 0 Å². The van der Waals surface area contributed by atoms with E-state index in [-0.39, 0.29) is 6.03 Å². The summed E-state index contributed by atoms with van der Waals surface area (Å²) in [5.74, 6) is 0.871. The molecule has 1 saturated heterocycles. The normalized spacial score (nSPS) is 14.6. The number of nitrogens with zero attached hydrogens (tertiary/aromatic N) is 4. The Morgan fingerprint density at radius 3 is 2.33 bits per heavy atom. The molecule has 2 aromatic rings. The molecule has 0 radical (unpaired) electrons. The van der Waals surface area contributed by atoms with E-state index in [4.69, 9.17) is 0 Å². The lowest BCUT2D eigenvalue weighted by atomic mass is 10.1. The Balaban J connectivity index is 1.53. The number of hydrogen-bond donors (Lipinski definition) is 1. The second-order valence-electron chi connectivity index (χ2n) is 5.99. The molecule has 0 aliphatic carbocycles. The molecule has 6 heteroatoms. The molecule has 0 bridgehead atoms. The van der Waals surface area contributed by atoms with Gasteiger partial charge in [-0.3, -0.25) is 0 Å². The summed E-state index contributed by atoms with van der Waals surface area (Å²) in [5, 5.41) is 11.3. The van der Waals surface area contributed by atoms with Gasteiger partial charge in [0.15, 0.2) is 5.82 Å². The van der Waals surface area contributed by atoms with Crippen LogP contribution in [0.5, 0.6) is 0 Å². The second-order valence-corrected chi connectivity index (χ2v) is 5.99. The molecular formula is C18H23N5O. The first-order chi connectivity index (χ1) is 11.7. The number of carbonyl (C=O) groups excluding carboxylic acids is 1. The number of piperazine rings is 1. The van der Waals surface area contributed by atoms with Gasteiger partial charge in [-0.2, -0.15) is 5.10 Å². The van der Waals surface area contributed by atoms with E-state index in [1.54, 1.807) is 0 Å². The number of amides is 2. The highest BCUT2D eigenvalue weighted by atomic mass is 16.2. The SMILES string of the molecule is CCc1ccc(NC(=O)N2CCN(c3ccc(C)nn3)CC2)cc1. The van der Waals surface area contributed by atoms with Gasteiger partial charge in [-0.25, -0.2) is 4.79 Å². The van der Waals surface area contributed by atoms with E-state index in [2.05, 4.69) is 27.3 Å². The fraction of sp³-hybridized carbons (Fsp3) is 0.389. The number of aromatic nitrogens is 2. The van der Waals surface area contributed by atoms with Gasteiger partial charge in [0.2, 0.25) is 0 Å². The van der Waals surface area contributed by atoms with Gasteiger partial charge < -0.3 is 15.1 Å². The minimum absolute atomic E-state index is 0.0473. The predicted molar refractivity (Wildman–Crippen MR) is 95.4 cm³/mol. The highest BCUT2D eigenvalue weighted by Crippen LogP contribution is 2.15. The number of aryl methyl sites for hydroxylation is 2. The van der Waals surface area contributed by atoms with Crippen molar-refractivity contribution in [1.29, 1.82) is 0 Å². The highest BCUT2D eigenvalue weighted by molar-refractivity contribution is 5.89. The van der Waals surface area contributed by atoms with Crippen LogP contribution >= 0.6 is 0 Å². The molecule has 1 N–H and O–H groups in total. The molecule has 6 nitrogen and oxygen atoms in total. The molecular weight excluding hydrogens is 302 g/mol. The van der Waals surface area contributed by atoms with Crippen molar-refractivity contribution in [1.82, 2.24) is 15.1 Å². The largest absolute Gasteiger partial charge is 0.352 e. The summed E-state index contributed by atoms with van der Waals surface area (Å²) < 4.78 is 0. The minimum Gasteiger partial charge on any atom is -0.352 e. The van der Waals surface area contributed by atoms with Crippen molar-refractivity contribution in [3.8, 4) is 0 Å². The topological polar surface area (TPSA) is 61.4 Å². The van der Waals surface area contributed by atoms with E-state index < -0.39 is 0 Å². The standard InChI is InChI=1S/C18H23N5O/c1-3-15-5-7-16(8-6-15)19-18(24)23-12-10-22(11-13-23)17-9-4-14(2)20-21-17/h4-9H,3,10-13H2,1-2H3,(H,19,24). The molecule has 1 aliphatic heterocycles. The Morgan fingerprint density at radius 1 is 1.04 bits per heavy atom. The number of benzene rings is 1. The monoisotopic (exact) mass is 325 g/mol. The van der Waals surface area contributed by atoms with Gasteiger partial charge in [-0.05, 0) is 43.2 Å². The average molecular weight is 325 g/mol. The Morgan fingerprint density at radius 2 is 1.75 bits per heavy atom. The first-order valence-corrected chi connectivity index (χ1v) is 8.36. The van der Waals surface area contributed by atoms with Gasteiger partial charge in [0.25, 0.3) is 0 Å². The van der Waals surface area contributed by atoms with Gasteiger partial charge in [-0.1, -0.05) is 19.1 Å². The van der Waals surface area contributed by atoms with Crippen molar-refractivity contribution in [2.45, 2.75) is 20.3 Å². The molecule has 2 amide bonds. The molecule has 24 heavy (non-hydrogen) atoms. The Hall–Kier alpha value is -2.63. The summed E-state index contributed by atoms with van der Waals surface area (Å²) in [5.41, 5.74) is 3.01. The molecule has 1 aromatic heterocycles. The maximum absolute atomic E-state index is 12.4. The molecule has 1 aromatic carbocycles. The lowest BCUT2D eigenvalue weighted by Gasteiger charge is -2.35. The van der Waals surface area contributed by atoms with Crippen LogP contribution in [0.4, 0.5) is 16.3 Å². The lowest BCUT2D eigenvalue weighted by Crippen LogP contribution is -2.50. The van der Waals surface area contributed by atoms with Crippen LogP contribution in [0.25, 0.3) is 0 Å². The van der Waals surface area contributed by atoms with Crippen molar-refractivity contribution >= 4 is 17.5 Å². The van der Waals surface area contributed by atoms with Crippen LogP contribution < -0.4 is 10.2 Å². The quantitative estimate of drug-likeness (QED) is 0.942. The molecule has 0 saturated carbocycles. The summed E-state index contributed by atoms with van der Waals surface area (Å²) in [6, 6.07) is 11.9. The zero-order chi connectivity index (χ0) is 16.9. The van der Waals surface area contributed by atoms with Crippen molar-refractivity contribution in [3.05, 3.63) is 47.7 Å². The fourth-order valence-electron chi connectivity index (χ4n) is 2.73. The van der Waals surface area contributed by atoms with Gasteiger partial charge in [-0.15, -0.1) is 5.10 Å². The van der Waals surface area contributed by atoms with Gasteiger partial charge in [0.05, 0.1) is 5.69 Å². The lowest BCUT2D eigenvalue weighted by molar-refractivity contribution is 0.208. The van der Waals surface area contributed by atoms with Crippen LogP contribution in [-0.2, 0) is 6.42 Å². The minimum atomic E-state index is -0.0473. The summed E-state index contributed by atoms with van der Waals surface area (Å²) in [6.45, 7) is 6.92. The van der Waals surface area contributed by atoms with Crippen molar-refractivity contribution in [3.63, 3.8) is 0 Å². The molecule has 2 heterocycles.